The smallest absolute Gasteiger partial charge is 0.227 e. The molecule has 0 saturated carbocycles. The largest absolute Gasteiger partial charge is 0.497 e. The molecule has 2 aromatic rings. The fourth-order valence-corrected chi connectivity index (χ4v) is 2.81. The Hall–Kier alpha value is -2.34. The number of aromatic nitrogens is 2. The number of rotatable bonds is 4. The summed E-state index contributed by atoms with van der Waals surface area (Å²) in [5.41, 5.74) is 9.56. The Balaban J connectivity index is 1.74. The van der Waals surface area contributed by atoms with Gasteiger partial charge in [-0.25, -0.2) is 4.98 Å². The van der Waals surface area contributed by atoms with Crippen LogP contribution in [-0.2, 0) is 19.5 Å². The molecule has 1 aromatic carbocycles. The molecule has 6 nitrogen and oxygen atoms in total. The number of nitrogens with two attached hydrogens (primary N) is 1. The van der Waals surface area contributed by atoms with E-state index in [1.165, 1.54) is 5.56 Å². The van der Waals surface area contributed by atoms with Gasteiger partial charge >= 0.3 is 0 Å². The highest BCUT2D eigenvalue weighted by molar-refractivity contribution is 5.48. The van der Waals surface area contributed by atoms with Gasteiger partial charge in [-0.15, -0.1) is 0 Å². The van der Waals surface area contributed by atoms with Crippen LogP contribution < -0.4 is 15.4 Å². The van der Waals surface area contributed by atoms with E-state index >= 15 is 0 Å². The second-order valence-corrected chi connectivity index (χ2v) is 6.04. The van der Waals surface area contributed by atoms with Gasteiger partial charge in [0.05, 0.1) is 12.8 Å². The zero-order valence-electron chi connectivity index (χ0n) is 13.9. The molecular weight excluding hydrogens is 290 g/mol. The van der Waals surface area contributed by atoms with Gasteiger partial charge in [-0.3, -0.25) is 4.90 Å². The number of anilines is 2. The van der Waals surface area contributed by atoms with E-state index in [0.29, 0.717) is 11.8 Å². The van der Waals surface area contributed by atoms with Crippen LogP contribution in [0.3, 0.4) is 0 Å². The number of hydrogen-bond donors (Lipinski definition) is 1. The van der Waals surface area contributed by atoms with Gasteiger partial charge in [0.15, 0.2) is 0 Å². The molecule has 0 fully saturated rings. The Morgan fingerprint density at radius 2 is 1.96 bits per heavy atom. The molecule has 0 atom stereocenters. The SMILES string of the molecule is COc1ccc(CN2CCc3nc(N(C)C)nc(N)c3C2)cc1. The third-order valence-corrected chi connectivity index (χ3v) is 4.12. The summed E-state index contributed by atoms with van der Waals surface area (Å²) in [5, 5.41) is 0. The summed E-state index contributed by atoms with van der Waals surface area (Å²) in [5.74, 6) is 2.16. The Morgan fingerprint density at radius 1 is 1.22 bits per heavy atom. The van der Waals surface area contributed by atoms with Crippen LogP contribution in [-0.4, -0.2) is 42.6 Å². The maximum atomic E-state index is 6.15. The van der Waals surface area contributed by atoms with Crippen LogP contribution in [0.1, 0.15) is 16.8 Å². The molecule has 6 heteroatoms. The maximum absolute atomic E-state index is 6.15. The van der Waals surface area contributed by atoms with E-state index in [9.17, 15) is 0 Å². The third kappa shape index (κ3) is 3.37. The zero-order valence-corrected chi connectivity index (χ0v) is 13.9. The zero-order chi connectivity index (χ0) is 16.4. The number of methoxy groups -OCH3 is 1. The first-order valence-corrected chi connectivity index (χ1v) is 7.74. The minimum absolute atomic E-state index is 0.595. The topological polar surface area (TPSA) is 67.5 Å². The van der Waals surface area contributed by atoms with Crippen molar-refractivity contribution < 1.29 is 4.74 Å². The number of nitrogen functional groups attached to an aromatic ring is 1. The number of fused-ring (bicyclic) bond motifs is 1. The highest BCUT2D eigenvalue weighted by Gasteiger charge is 2.22. The molecule has 0 saturated heterocycles. The first-order valence-electron chi connectivity index (χ1n) is 7.74. The predicted octanol–water partition coefficient (Wildman–Crippen LogP) is 1.69. The Bertz CT molecular complexity index is 684. The van der Waals surface area contributed by atoms with Gasteiger partial charge in [-0.2, -0.15) is 4.98 Å². The monoisotopic (exact) mass is 313 g/mol. The first-order chi connectivity index (χ1) is 11.1. The highest BCUT2D eigenvalue weighted by atomic mass is 16.5. The van der Waals surface area contributed by atoms with Crippen LogP contribution in [0.25, 0.3) is 0 Å². The average molecular weight is 313 g/mol. The Morgan fingerprint density at radius 3 is 2.61 bits per heavy atom. The maximum Gasteiger partial charge on any atom is 0.227 e. The van der Waals surface area contributed by atoms with Gasteiger partial charge in [0.25, 0.3) is 0 Å². The quantitative estimate of drug-likeness (QED) is 0.926. The van der Waals surface area contributed by atoms with Gasteiger partial charge in [-0.05, 0) is 17.7 Å². The minimum Gasteiger partial charge on any atom is -0.497 e. The second kappa shape index (κ2) is 6.42. The lowest BCUT2D eigenvalue weighted by molar-refractivity contribution is 0.243. The molecule has 0 spiro atoms. The van der Waals surface area contributed by atoms with E-state index in [1.807, 2.05) is 31.1 Å². The van der Waals surface area contributed by atoms with Gasteiger partial charge in [0.1, 0.15) is 11.6 Å². The van der Waals surface area contributed by atoms with Crippen LogP contribution in [0.4, 0.5) is 11.8 Å². The van der Waals surface area contributed by atoms with Crippen molar-refractivity contribution in [3.8, 4) is 5.75 Å². The molecule has 0 unspecified atom stereocenters. The van der Waals surface area contributed by atoms with Crippen LogP contribution in [0.15, 0.2) is 24.3 Å². The molecule has 2 N–H and O–H groups in total. The molecule has 1 aliphatic rings. The third-order valence-electron chi connectivity index (χ3n) is 4.12. The molecule has 0 aliphatic carbocycles. The van der Waals surface area contributed by atoms with E-state index in [-0.39, 0.29) is 0 Å². The van der Waals surface area contributed by atoms with Gasteiger partial charge in [0, 0.05) is 45.7 Å². The highest BCUT2D eigenvalue weighted by Crippen LogP contribution is 2.25. The first kappa shape index (κ1) is 15.6. The summed E-state index contributed by atoms with van der Waals surface area (Å²) in [6.07, 6.45) is 0.902. The van der Waals surface area contributed by atoms with Gasteiger partial charge in [0.2, 0.25) is 5.95 Å². The van der Waals surface area contributed by atoms with Crippen LogP contribution in [0.5, 0.6) is 5.75 Å². The van der Waals surface area contributed by atoms with Crippen molar-refractivity contribution in [1.82, 2.24) is 14.9 Å². The summed E-state index contributed by atoms with van der Waals surface area (Å²) >= 11 is 0. The van der Waals surface area contributed by atoms with Crippen molar-refractivity contribution >= 4 is 11.8 Å². The Kier molecular flexibility index (Phi) is 4.34. The number of benzene rings is 1. The lowest BCUT2D eigenvalue weighted by Gasteiger charge is -2.29. The molecule has 122 valence electrons. The number of nitrogens with zero attached hydrogens (tertiary/aromatic N) is 4. The van der Waals surface area contributed by atoms with Crippen molar-refractivity contribution in [3.63, 3.8) is 0 Å². The summed E-state index contributed by atoms with van der Waals surface area (Å²) in [6.45, 7) is 2.65. The summed E-state index contributed by atoms with van der Waals surface area (Å²) < 4.78 is 5.20. The second-order valence-electron chi connectivity index (χ2n) is 6.04. The fourth-order valence-electron chi connectivity index (χ4n) is 2.81. The van der Waals surface area contributed by atoms with Crippen LogP contribution in [0, 0.1) is 0 Å². The van der Waals surface area contributed by atoms with Gasteiger partial charge < -0.3 is 15.4 Å². The molecule has 1 aromatic heterocycles. The van der Waals surface area contributed by atoms with Gasteiger partial charge in [-0.1, -0.05) is 12.1 Å². The van der Waals surface area contributed by atoms with Crippen molar-refractivity contribution in [3.05, 3.63) is 41.1 Å². The van der Waals surface area contributed by atoms with Crippen LogP contribution in [0.2, 0.25) is 0 Å². The molecular formula is C17H23N5O. The number of hydrogen-bond acceptors (Lipinski definition) is 6. The summed E-state index contributed by atoms with van der Waals surface area (Å²) in [6, 6.07) is 8.19. The summed E-state index contributed by atoms with van der Waals surface area (Å²) in [7, 11) is 5.54. The normalized spacial score (nSPS) is 14.4. The average Bonchev–Trinajstić information content (AvgIpc) is 2.56. The summed E-state index contributed by atoms with van der Waals surface area (Å²) in [4.78, 5) is 13.3. The van der Waals surface area contributed by atoms with E-state index in [4.69, 9.17) is 10.5 Å². The molecule has 0 amide bonds. The van der Waals surface area contributed by atoms with E-state index in [0.717, 1.165) is 43.1 Å². The minimum atomic E-state index is 0.595. The fraction of sp³-hybridized carbons (Fsp3) is 0.412. The lowest BCUT2D eigenvalue weighted by Crippen LogP contribution is -2.32. The standard InChI is InChI=1S/C17H23N5O/c1-21(2)17-19-15-8-9-22(11-14(15)16(18)20-17)10-12-4-6-13(23-3)7-5-12/h4-7H,8-11H2,1-3H3,(H2,18,19,20). The number of ether oxygens (including phenoxy) is 1. The molecule has 1 aliphatic heterocycles. The molecule has 23 heavy (non-hydrogen) atoms. The Labute approximate surface area is 136 Å². The lowest BCUT2D eigenvalue weighted by atomic mass is 10.1. The van der Waals surface area contributed by atoms with Crippen LogP contribution >= 0.6 is 0 Å². The molecule has 2 heterocycles. The molecule has 0 radical (unpaired) electrons. The van der Waals surface area contributed by atoms with Crippen molar-refractivity contribution in [2.75, 3.05) is 38.4 Å². The van der Waals surface area contributed by atoms with E-state index < -0.39 is 0 Å². The van der Waals surface area contributed by atoms with Crippen molar-refractivity contribution in [2.24, 2.45) is 0 Å². The predicted molar refractivity (Wildman–Crippen MR) is 91.6 cm³/mol. The van der Waals surface area contributed by atoms with E-state index in [2.05, 4.69) is 27.0 Å². The van der Waals surface area contributed by atoms with E-state index in [1.54, 1.807) is 7.11 Å². The molecule has 0 bridgehead atoms. The van der Waals surface area contributed by atoms with Crippen molar-refractivity contribution in [2.45, 2.75) is 19.5 Å². The molecule has 3 rings (SSSR count). The van der Waals surface area contributed by atoms with Crippen molar-refractivity contribution in [1.29, 1.82) is 0 Å².